The van der Waals surface area contributed by atoms with E-state index in [0.29, 0.717) is 12.2 Å². The highest BCUT2D eigenvalue weighted by atomic mass is 32.1. The van der Waals surface area contributed by atoms with Crippen molar-refractivity contribution in [3.05, 3.63) is 58.7 Å². The largest absolute Gasteiger partial charge is 0.478 e. The van der Waals surface area contributed by atoms with Gasteiger partial charge in [0, 0.05) is 18.6 Å². The zero-order valence-corrected chi connectivity index (χ0v) is 12.2. The molecule has 0 radical (unpaired) electrons. The van der Waals surface area contributed by atoms with E-state index in [9.17, 15) is 9.59 Å². The summed E-state index contributed by atoms with van der Waals surface area (Å²) in [5, 5.41) is 16.2. The maximum absolute atomic E-state index is 12.2. The zero-order chi connectivity index (χ0) is 15.5. The van der Waals surface area contributed by atoms with E-state index in [0.717, 1.165) is 22.7 Å². The van der Waals surface area contributed by atoms with Crippen LogP contribution in [0, 0.1) is 0 Å². The number of furan rings is 1. The van der Waals surface area contributed by atoms with Crippen LogP contribution in [0.2, 0.25) is 0 Å². The zero-order valence-electron chi connectivity index (χ0n) is 11.4. The molecule has 1 aliphatic rings. The molecule has 0 aliphatic carbocycles. The van der Waals surface area contributed by atoms with Crippen LogP contribution in [-0.4, -0.2) is 27.7 Å². The molecule has 22 heavy (non-hydrogen) atoms. The summed E-state index contributed by atoms with van der Waals surface area (Å²) >= 11 is 1.54. The number of hydrogen-bond acceptors (Lipinski definition) is 5. The van der Waals surface area contributed by atoms with Crippen LogP contribution < -0.4 is 0 Å². The Balaban J connectivity index is 1.90. The third-order valence-electron chi connectivity index (χ3n) is 3.18. The number of aliphatic carboxylic acids is 1. The fourth-order valence-electron chi connectivity index (χ4n) is 2.23. The molecule has 2 aromatic heterocycles. The van der Waals surface area contributed by atoms with E-state index in [4.69, 9.17) is 9.52 Å². The summed E-state index contributed by atoms with van der Waals surface area (Å²) in [6.45, 7) is 0. The van der Waals surface area contributed by atoms with E-state index in [-0.39, 0.29) is 6.04 Å². The summed E-state index contributed by atoms with van der Waals surface area (Å²) in [6, 6.07) is 7.01. The molecule has 1 atom stereocenters. The second-order valence-corrected chi connectivity index (χ2v) is 5.56. The number of nitrogens with zero attached hydrogens (tertiary/aromatic N) is 2. The second-order valence-electron chi connectivity index (χ2n) is 4.61. The Kier molecular flexibility index (Phi) is 3.88. The van der Waals surface area contributed by atoms with Gasteiger partial charge in [0.2, 0.25) is 0 Å². The predicted octanol–water partition coefficient (Wildman–Crippen LogP) is 2.66. The first-order valence-electron chi connectivity index (χ1n) is 6.54. The lowest BCUT2D eigenvalue weighted by molar-refractivity contribution is -0.132. The van der Waals surface area contributed by atoms with Gasteiger partial charge >= 0.3 is 5.97 Å². The first kappa shape index (κ1) is 14.3. The van der Waals surface area contributed by atoms with Gasteiger partial charge in [-0.05, 0) is 23.6 Å². The molecule has 0 unspecified atom stereocenters. The molecule has 0 saturated carbocycles. The third kappa shape index (κ3) is 2.84. The van der Waals surface area contributed by atoms with Gasteiger partial charge < -0.3 is 9.52 Å². The van der Waals surface area contributed by atoms with Gasteiger partial charge in [0.1, 0.15) is 11.8 Å². The molecular weight excluding hydrogens is 304 g/mol. The van der Waals surface area contributed by atoms with Crippen molar-refractivity contribution >= 4 is 28.9 Å². The molecule has 7 heteroatoms. The Morgan fingerprint density at radius 1 is 1.36 bits per heavy atom. The molecule has 3 rings (SSSR count). The topological polar surface area (TPSA) is 83.1 Å². The van der Waals surface area contributed by atoms with E-state index in [1.54, 1.807) is 12.1 Å². The van der Waals surface area contributed by atoms with Gasteiger partial charge in [0.15, 0.2) is 0 Å². The molecule has 112 valence electrons. The molecular formula is C15H12N2O4S. The van der Waals surface area contributed by atoms with E-state index in [1.807, 2.05) is 17.5 Å². The van der Waals surface area contributed by atoms with Gasteiger partial charge in [0.25, 0.3) is 5.91 Å². The normalized spacial score (nSPS) is 17.9. The average molecular weight is 316 g/mol. The predicted molar refractivity (Wildman–Crippen MR) is 80.5 cm³/mol. The molecule has 0 fully saturated rings. The van der Waals surface area contributed by atoms with Gasteiger partial charge in [-0.1, -0.05) is 6.07 Å². The molecule has 1 amide bonds. The lowest BCUT2D eigenvalue weighted by atomic mass is 10.1. The Morgan fingerprint density at radius 2 is 2.23 bits per heavy atom. The van der Waals surface area contributed by atoms with Gasteiger partial charge in [0.05, 0.1) is 16.9 Å². The van der Waals surface area contributed by atoms with Crippen LogP contribution in [0.5, 0.6) is 0 Å². The Morgan fingerprint density at radius 3 is 2.86 bits per heavy atom. The van der Waals surface area contributed by atoms with Crippen molar-refractivity contribution in [1.29, 1.82) is 0 Å². The lowest BCUT2D eigenvalue weighted by Crippen LogP contribution is -2.25. The van der Waals surface area contributed by atoms with Crippen molar-refractivity contribution in [3.8, 4) is 0 Å². The van der Waals surface area contributed by atoms with Crippen LogP contribution in [0.1, 0.15) is 23.1 Å². The highest BCUT2D eigenvalue weighted by Crippen LogP contribution is 2.34. The van der Waals surface area contributed by atoms with Crippen molar-refractivity contribution in [2.24, 2.45) is 5.10 Å². The quantitative estimate of drug-likeness (QED) is 0.879. The number of carboxylic acids is 1. The van der Waals surface area contributed by atoms with E-state index >= 15 is 0 Å². The maximum Gasteiger partial charge on any atom is 0.328 e. The highest BCUT2D eigenvalue weighted by molar-refractivity contribution is 7.12. The van der Waals surface area contributed by atoms with E-state index in [2.05, 4.69) is 5.10 Å². The molecule has 1 N–H and O–H groups in total. The third-order valence-corrected chi connectivity index (χ3v) is 4.10. The summed E-state index contributed by atoms with van der Waals surface area (Å²) in [5.41, 5.74) is 0.786. The van der Waals surface area contributed by atoms with Crippen molar-refractivity contribution < 1.29 is 19.1 Å². The Bertz CT molecular complexity index is 732. The van der Waals surface area contributed by atoms with Gasteiger partial charge in [-0.2, -0.15) is 5.10 Å². The summed E-state index contributed by atoms with van der Waals surface area (Å²) in [6.07, 6.45) is 3.87. The second kappa shape index (κ2) is 5.98. The van der Waals surface area contributed by atoms with Crippen LogP contribution in [0.3, 0.4) is 0 Å². The van der Waals surface area contributed by atoms with Crippen molar-refractivity contribution in [2.75, 3.05) is 0 Å². The summed E-state index contributed by atoms with van der Waals surface area (Å²) in [7, 11) is 0. The number of hydrogen-bond donors (Lipinski definition) is 1. The minimum absolute atomic E-state index is 0.363. The number of amides is 1. The fraction of sp³-hybridized carbons (Fsp3) is 0.133. The van der Waals surface area contributed by atoms with E-state index in [1.165, 1.54) is 22.6 Å². The number of rotatable bonds is 4. The first-order chi connectivity index (χ1) is 10.6. The van der Waals surface area contributed by atoms with Crippen LogP contribution in [0.4, 0.5) is 0 Å². The SMILES string of the molecule is O=C(O)/C=C/C(=O)N1N=C(c2cccs2)C[C@H]1c1ccco1. The molecule has 0 aromatic carbocycles. The van der Waals surface area contributed by atoms with Gasteiger partial charge in [-0.3, -0.25) is 4.79 Å². The standard InChI is InChI=1S/C15H12N2O4S/c18-14(5-6-15(19)20)17-11(12-3-1-7-21-12)9-10(16-17)13-4-2-8-22-13/h1-8,11H,9H2,(H,19,20)/b6-5+/t11-/m0/s1. The molecule has 0 spiro atoms. The van der Waals surface area contributed by atoms with Crippen LogP contribution in [-0.2, 0) is 9.59 Å². The number of carboxylic acid groups (broad SMARTS) is 1. The van der Waals surface area contributed by atoms with Crippen LogP contribution >= 0.6 is 11.3 Å². The highest BCUT2D eigenvalue weighted by Gasteiger charge is 2.34. The number of thiophene rings is 1. The minimum Gasteiger partial charge on any atom is -0.478 e. The monoisotopic (exact) mass is 316 g/mol. The number of hydrazone groups is 1. The summed E-state index contributed by atoms with van der Waals surface area (Å²) in [4.78, 5) is 23.8. The van der Waals surface area contributed by atoms with Crippen LogP contribution in [0.25, 0.3) is 0 Å². The van der Waals surface area contributed by atoms with Crippen molar-refractivity contribution in [2.45, 2.75) is 12.5 Å². The number of carbonyl (C=O) groups is 2. The summed E-state index contributed by atoms with van der Waals surface area (Å²) < 4.78 is 5.38. The Labute approximate surface area is 130 Å². The molecule has 0 saturated heterocycles. The van der Waals surface area contributed by atoms with E-state index < -0.39 is 11.9 Å². The number of carbonyl (C=O) groups excluding carboxylic acids is 1. The van der Waals surface area contributed by atoms with Crippen LogP contribution in [0.15, 0.2) is 57.6 Å². The Hall–Kier alpha value is -2.67. The molecule has 0 bridgehead atoms. The minimum atomic E-state index is -1.18. The molecule has 1 aliphatic heterocycles. The summed E-state index contributed by atoms with van der Waals surface area (Å²) in [5.74, 6) is -1.05. The molecule has 2 aromatic rings. The lowest BCUT2D eigenvalue weighted by Gasteiger charge is -2.17. The first-order valence-corrected chi connectivity index (χ1v) is 7.42. The smallest absolute Gasteiger partial charge is 0.328 e. The van der Waals surface area contributed by atoms with Gasteiger partial charge in [-0.15, -0.1) is 11.3 Å². The maximum atomic E-state index is 12.2. The fourth-order valence-corrected chi connectivity index (χ4v) is 2.95. The van der Waals surface area contributed by atoms with Crippen molar-refractivity contribution in [1.82, 2.24) is 5.01 Å². The molecule has 6 nitrogen and oxygen atoms in total. The molecule has 3 heterocycles. The average Bonchev–Trinajstić information content (AvgIpc) is 3.23. The van der Waals surface area contributed by atoms with Gasteiger partial charge in [-0.25, -0.2) is 9.80 Å². The van der Waals surface area contributed by atoms with Crippen molar-refractivity contribution in [3.63, 3.8) is 0 Å².